The highest BCUT2D eigenvalue weighted by Crippen LogP contribution is 2.37. The molecule has 1 aromatic carbocycles. The molecule has 0 unspecified atom stereocenters. The van der Waals surface area contributed by atoms with Gasteiger partial charge in [-0.1, -0.05) is 0 Å². The van der Waals surface area contributed by atoms with E-state index in [4.69, 9.17) is 0 Å². The minimum atomic E-state index is -0.721. The Labute approximate surface area is 126 Å². The van der Waals surface area contributed by atoms with Crippen LogP contribution < -0.4 is 0 Å². The number of nitriles is 1. The number of hydrogen-bond donors (Lipinski definition) is 1. The Morgan fingerprint density at radius 1 is 1.50 bits per heavy atom. The summed E-state index contributed by atoms with van der Waals surface area (Å²) < 4.78 is 0. The van der Waals surface area contributed by atoms with Crippen LogP contribution in [0.1, 0.15) is 29.6 Å². The number of nitro benzene ring substituents is 1. The van der Waals surface area contributed by atoms with Crippen molar-refractivity contribution in [3.63, 3.8) is 0 Å². The average molecular weight is 298 g/mol. The molecule has 1 saturated carbocycles. The van der Waals surface area contributed by atoms with Crippen LogP contribution in [0.15, 0.2) is 24.4 Å². The summed E-state index contributed by atoms with van der Waals surface area (Å²) in [4.78, 5) is 27.3. The molecule has 0 saturated heterocycles. The van der Waals surface area contributed by atoms with Crippen molar-refractivity contribution in [2.75, 3.05) is 7.05 Å². The summed E-state index contributed by atoms with van der Waals surface area (Å²) in [6.45, 7) is 0. The van der Waals surface area contributed by atoms with Gasteiger partial charge in [-0.05, 0) is 25.3 Å². The third-order valence-electron chi connectivity index (χ3n) is 4.44. The number of carbonyl (C=O) groups excluding carboxylic acids is 1. The summed E-state index contributed by atoms with van der Waals surface area (Å²) in [5, 5.41) is 20.7. The van der Waals surface area contributed by atoms with Gasteiger partial charge in [0.15, 0.2) is 0 Å². The maximum Gasteiger partial charge on any atom is 0.271 e. The summed E-state index contributed by atoms with van der Waals surface area (Å²) >= 11 is 0. The minimum absolute atomic E-state index is 0.0332. The zero-order valence-corrected chi connectivity index (χ0v) is 12.0. The van der Waals surface area contributed by atoms with Crippen LogP contribution in [0.5, 0.6) is 0 Å². The van der Waals surface area contributed by atoms with Crippen LogP contribution in [0, 0.1) is 21.4 Å². The molecule has 0 atom stereocenters. The first kappa shape index (κ1) is 14.1. The van der Waals surface area contributed by atoms with Gasteiger partial charge in [0.1, 0.15) is 5.54 Å². The topological polar surface area (TPSA) is 103 Å². The second-order valence-corrected chi connectivity index (χ2v) is 5.55. The molecule has 0 spiro atoms. The number of H-pyrrole nitrogens is 1. The van der Waals surface area contributed by atoms with Crippen LogP contribution >= 0.6 is 0 Å². The number of carbonyl (C=O) groups is 1. The van der Waals surface area contributed by atoms with Gasteiger partial charge in [0, 0.05) is 30.8 Å². The molecule has 1 fully saturated rings. The van der Waals surface area contributed by atoms with Crippen LogP contribution in [0.3, 0.4) is 0 Å². The molecular formula is C15H14N4O3. The molecule has 3 rings (SSSR count). The van der Waals surface area contributed by atoms with Crippen molar-refractivity contribution in [1.29, 1.82) is 5.26 Å². The lowest BCUT2D eigenvalue weighted by atomic mass is 9.76. The smallest absolute Gasteiger partial charge is 0.271 e. The minimum Gasteiger partial charge on any atom is -0.360 e. The summed E-state index contributed by atoms with van der Waals surface area (Å²) in [5.74, 6) is -0.249. The monoisotopic (exact) mass is 298 g/mol. The highest BCUT2D eigenvalue weighted by atomic mass is 16.6. The molecule has 0 radical (unpaired) electrons. The molecule has 7 nitrogen and oxygen atoms in total. The van der Waals surface area contributed by atoms with E-state index in [1.807, 2.05) is 0 Å². The van der Waals surface area contributed by atoms with Gasteiger partial charge < -0.3 is 9.88 Å². The quantitative estimate of drug-likeness (QED) is 0.694. The van der Waals surface area contributed by atoms with E-state index in [1.54, 1.807) is 13.1 Å². The van der Waals surface area contributed by atoms with Crippen LogP contribution in [0.2, 0.25) is 0 Å². The first-order valence-electron chi connectivity index (χ1n) is 6.93. The summed E-state index contributed by atoms with van der Waals surface area (Å²) in [6, 6.07) is 6.57. The number of aromatic amines is 1. The van der Waals surface area contributed by atoms with E-state index in [0.29, 0.717) is 29.3 Å². The van der Waals surface area contributed by atoms with Gasteiger partial charge in [-0.25, -0.2) is 0 Å². The summed E-state index contributed by atoms with van der Waals surface area (Å²) in [6.07, 6.45) is 3.83. The molecule has 1 aliphatic rings. The maximum absolute atomic E-state index is 12.7. The second kappa shape index (κ2) is 4.84. The van der Waals surface area contributed by atoms with Crippen LogP contribution in [-0.4, -0.2) is 33.3 Å². The molecule has 1 heterocycles. The van der Waals surface area contributed by atoms with Gasteiger partial charge >= 0.3 is 0 Å². The van der Waals surface area contributed by atoms with E-state index in [2.05, 4.69) is 11.1 Å². The fraction of sp³-hybridized carbons (Fsp3) is 0.333. The van der Waals surface area contributed by atoms with Crippen molar-refractivity contribution in [3.05, 3.63) is 40.1 Å². The first-order chi connectivity index (χ1) is 10.5. The number of nitro groups is 1. The van der Waals surface area contributed by atoms with E-state index in [0.717, 1.165) is 6.42 Å². The Bertz CT molecular complexity index is 814. The molecule has 1 aromatic heterocycles. The van der Waals surface area contributed by atoms with Crippen molar-refractivity contribution >= 4 is 22.5 Å². The number of nitrogens with one attached hydrogen (secondary N) is 1. The Hall–Kier alpha value is -2.88. The van der Waals surface area contributed by atoms with E-state index in [1.165, 1.54) is 23.2 Å². The zero-order valence-electron chi connectivity index (χ0n) is 12.0. The SMILES string of the molecule is CN(C(=O)c1c[nH]c2cc([N+](=O)[O-])ccc12)C1(C#N)CCC1. The number of non-ortho nitro benzene ring substituents is 1. The number of hydrogen-bond acceptors (Lipinski definition) is 4. The predicted octanol–water partition coefficient (Wildman–Crippen LogP) is 2.59. The lowest BCUT2D eigenvalue weighted by Crippen LogP contribution is -2.53. The normalized spacial score (nSPS) is 15.8. The number of rotatable bonds is 3. The van der Waals surface area contributed by atoms with E-state index < -0.39 is 10.5 Å². The van der Waals surface area contributed by atoms with Gasteiger partial charge in [0.05, 0.1) is 22.1 Å². The molecule has 1 aliphatic carbocycles. The number of nitrogens with zero attached hydrogens (tertiary/aromatic N) is 3. The molecule has 22 heavy (non-hydrogen) atoms. The third kappa shape index (κ3) is 1.92. The number of aromatic nitrogens is 1. The van der Waals surface area contributed by atoms with Gasteiger partial charge in [-0.2, -0.15) is 5.26 Å². The fourth-order valence-corrected chi connectivity index (χ4v) is 2.81. The second-order valence-electron chi connectivity index (χ2n) is 5.55. The van der Waals surface area contributed by atoms with Crippen LogP contribution in [0.25, 0.3) is 10.9 Å². The Morgan fingerprint density at radius 2 is 2.23 bits per heavy atom. The fourth-order valence-electron chi connectivity index (χ4n) is 2.81. The molecular weight excluding hydrogens is 284 g/mol. The molecule has 1 N–H and O–H groups in total. The average Bonchev–Trinajstić information content (AvgIpc) is 2.88. The summed E-state index contributed by atoms with van der Waals surface area (Å²) in [7, 11) is 1.63. The highest BCUT2D eigenvalue weighted by Gasteiger charge is 2.44. The predicted molar refractivity (Wildman–Crippen MR) is 79.2 cm³/mol. The molecule has 112 valence electrons. The van der Waals surface area contributed by atoms with E-state index in [9.17, 15) is 20.2 Å². The Kier molecular flexibility index (Phi) is 3.10. The van der Waals surface area contributed by atoms with Crippen molar-refractivity contribution in [1.82, 2.24) is 9.88 Å². The number of fused-ring (bicyclic) bond motifs is 1. The van der Waals surface area contributed by atoms with Crippen molar-refractivity contribution in [2.24, 2.45) is 0 Å². The lowest BCUT2D eigenvalue weighted by Gasteiger charge is -2.42. The third-order valence-corrected chi connectivity index (χ3v) is 4.44. The Balaban J connectivity index is 1.98. The van der Waals surface area contributed by atoms with Crippen LogP contribution in [0.4, 0.5) is 5.69 Å². The van der Waals surface area contributed by atoms with Crippen molar-refractivity contribution in [2.45, 2.75) is 24.8 Å². The summed E-state index contributed by atoms with van der Waals surface area (Å²) in [5.41, 5.74) is 0.204. The first-order valence-corrected chi connectivity index (χ1v) is 6.93. The zero-order chi connectivity index (χ0) is 15.9. The van der Waals surface area contributed by atoms with Gasteiger partial charge in [-0.15, -0.1) is 0 Å². The molecule has 0 aliphatic heterocycles. The number of benzene rings is 1. The Morgan fingerprint density at radius 3 is 2.77 bits per heavy atom. The molecule has 7 heteroatoms. The largest absolute Gasteiger partial charge is 0.360 e. The molecule has 1 amide bonds. The van der Waals surface area contributed by atoms with Crippen molar-refractivity contribution < 1.29 is 9.72 Å². The van der Waals surface area contributed by atoms with E-state index in [-0.39, 0.29) is 11.6 Å². The van der Waals surface area contributed by atoms with E-state index >= 15 is 0 Å². The molecule has 2 aromatic rings. The number of amides is 1. The van der Waals surface area contributed by atoms with Gasteiger partial charge in [-0.3, -0.25) is 14.9 Å². The molecule has 0 bridgehead atoms. The van der Waals surface area contributed by atoms with Gasteiger partial charge in [0.2, 0.25) is 0 Å². The maximum atomic E-state index is 12.7. The lowest BCUT2D eigenvalue weighted by molar-refractivity contribution is -0.384. The standard InChI is InChI=1S/C15H14N4O3/c1-18(15(9-16)5-2-6-15)14(20)12-8-17-13-7-10(19(21)22)3-4-11(12)13/h3-4,7-8,17H,2,5-6H2,1H3. The van der Waals surface area contributed by atoms with Crippen molar-refractivity contribution in [3.8, 4) is 6.07 Å². The highest BCUT2D eigenvalue weighted by molar-refractivity contribution is 6.07. The van der Waals surface area contributed by atoms with Crippen LogP contribution in [-0.2, 0) is 0 Å². The van der Waals surface area contributed by atoms with Gasteiger partial charge in [0.25, 0.3) is 11.6 Å².